The molecule has 0 aliphatic rings. The van der Waals surface area contributed by atoms with E-state index in [0.29, 0.717) is 0 Å². The number of aromatic nitrogens is 1. The van der Waals surface area contributed by atoms with Crippen LogP contribution in [0.15, 0.2) is 47.5 Å². The Morgan fingerprint density at radius 2 is 2.00 bits per heavy atom. The summed E-state index contributed by atoms with van der Waals surface area (Å²) in [6, 6.07) is 10.5. The van der Waals surface area contributed by atoms with E-state index in [4.69, 9.17) is 10.9 Å². The normalized spacial score (nSPS) is 11.3. The van der Waals surface area contributed by atoms with E-state index in [2.05, 4.69) is 4.98 Å². The van der Waals surface area contributed by atoms with Gasteiger partial charge in [0.25, 0.3) is 0 Å². The van der Waals surface area contributed by atoms with Crippen molar-refractivity contribution in [3.8, 4) is 0 Å². The van der Waals surface area contributed by atoms with Crippen molar-refractivity contribution in [3.05, 3.63) is 48.3 Å². The van der Waals surface area contributed by atoms with Crippen molar-refractivity contribution >= 4 is 21.4 Å². The first kappa shape index (κ1) is 15.3. The smallest absolute Gasteiger partial charge is 0.240 e. The van der Waals surface area contributed by atoms with Gasteiger partial charge in [0, 0.05) is 37.6 Å². The topological polar surface area (TPSA) is 102 Å². The Bertz CT molecular complexity index is 717. The van der Waals surface area contributed by atoms with E-state index in [9.17, 15) is 8.42 Å². The Kier molecular flexibility index (Phi) is 4.44. The highest BCUT2D eigenvalue weighted by Crippen LogP contribution is 2.23. The Labute approximate surface area is 124 Å². The van der Waals surface area contributed by atoms with E-state index in [0.717, 1.165) is 24.3 Å². The first-order valence-corrected chi connectivity index (χ1v) is 7.96. The predicted octanol–water partition coefficient (Wildman–Crippen LogP) is 0.990. The summed E-state index contributed by atoms with van der Waals surface area (Å²) in [6.45, 7) is 0.741. The fourth-order valence-electron chi connectivity index (χ4n) is 1.99. The number of nitrogen functional groups attached to an aromatic ring is 1. The maximum absolute atomic E-state index is 11.3. The van der Waals surface area contributed by atoms with Gasteiger partial charge in [-0.3, -0.25) is 4.98 Å². The number of rotatable bonds is 5. The van der Waals surface area contributed by atoms with Crippen LogP contribution in [0.5, 0.6) is 0 Å². The second kappa shape index (κ2) is 6.11. The molecule has 0 aliphatic heterocycles. The molecular weight excluding hydrogens is 288 g/mol. The lowest BCUT2D eigenvalue weighted by Gasteiger charge is -2.20. The van der Waals surface area contributed by atoms with E-state index in [1.165, 1.54) is 6.07 Å². The molecule has 4 N–H and O–H groups in total. The van der Waals surface area contributed by atoms with Crippen LogP contribution in [0.2, 0.25) is 0 Å². The van der Waals surface area contributed by atoms with Gasteiger partial charge in [0.1, 0.15) is 4.90 Å². The fourth-order valence-corrected chi connectivity index (χ4v) is 2.63. The van der Waals surface area contributed by atoms with E-state index in [1.807, 2.05) is 30.1 Å². The van der Waals surface area contributed by atoms with Crippen molar-refractivity contribution in [2.24, 2.45) is 5.14 Å². The van der Waals surface area contributed by atoms with Gasteiger partial charge in [0.15, 0.2) is 0 Å². The van der Waals surface area contributed by atoms with Crippen molar-refractivity contribution < 1.29 is 8.42 Å². The summed E-state index contributed by atoms with van der Waals surface area (Å²) in [7, 11) is -1.87. The number of hydrogen-bond acceptors (Lipinski definition) is 5. The summed E-state index contributed by atoms with van der Waals surface area (Å²) in [5.41, 5.74) is 7.73. The SMILES string of the molecule is CN(CCc1ccccn1)c1ccc(S(N)(=O)=O)c(N)c1. The maximum Gasteiger partial charge on any atom is 0.240 e. The molecule has 1 heterocycles. The van der Waals surface area contributed by atoms with Gasteiger partial charge in [0.2, 0.25) is 10.0 Å². The number of benzene rings is 1. The summed E-state index contributed by atoms with van der Waals surface area (Å²) in [4.78, 5) is 6.19. The first-order valence-electron chi connectivity index (χ1n) is 6.41. The van der Waals surface area contributed by atoms with Gasteiger partial charge in [-0.05, 0) is 30.3 Å². The molecule has 0 radical (unpaired) electrons. The van der Waals surface area contributed by atoms with Crippen LogP contribution in [-0.4, -0.2) is 27.0 Å². The zero-order valence-electron chi connectivity index (χ0n) is 11.7. The Balaban J connectivity index is 2.10. The quantitative estimate of drug-likeness (QED) is 0.802. The lowest BCUT2D eigenvalue weighted by atomic mass is 10.2. The maximum atomic E-state index is 11.3. The lowest BCUT2D eigenvalue weighted by molar-refractivity contribution is 0.598. The summed E-state index contributed by atoms with van der Waals surface area (Å²) in [5, 5.41) is 5.09. The zero-order chi connectivity index (χ0) is 15.5. The monoisotopic (exact) mass is 306 g/mol. The second-order valence-corrected chi connectivity index (χ2v) is 6.29. The van der Waals surface area contributed by atoms with Gasteiger partial charge < -0.3 is 10.6 Å². The van der Waals surface area contributed by atoms with Crippen molar-refractivity contribution in [1.82, 2.24) is 4.98 Å². The highest BCUT2D eigenvalue weighted by atomic mass is 32.2. The largest absolute Gasteiger partial charge is 0.398 e. The van der Waals surface area contributed by atoms with Crippen LogP contribution in [0.1, 0.15) is 5.69 Å². The van der Waals surface area contributed by atoms with Crippen LogP contribution < -0.4 is 15.8 Å². The molecule has 1 aromatic heterocycles. The van der Waals surface area contributed by atoms with E-state index < -0.39 is 10.0 Å². The van der Waals surface area contributed by atoms with Gasteiger partial charge in [-0.15, -0.1) is 0 Å². The van der Waals surface area contributed by atoms with E-state index >= 15 is 0 Å². The Morgan fingerprint density at radius 1 is 1.24 bits per heavy atom. The summed E-state index contributed by atoms with van der Waals surface area (Å²) in [6.07, 6.45) is 2.54. The molecule has 112 valence electrons. The van der Waals surface area contributed by atoms with E-state index in [1.54, 1.807) is 18.3 Å². The van der Waals surface area contributed by atoms with Crippen LogP contribution in [0.3, 0.4) is 0 Å². The molecule has 7 heteroatoms. The first-order chi connectivity index (χ1) is 9.88. The number of primary sulfonamides is 1. The number of sulfonamides is 1. The molecule has 0 bridgehead atoms. The molecule has 2 rings (SSSR count). The van der Waals surface area contributed by atoms with Gasteiger partial charge >= 0.3 is 0 Å². The molecule has 0 unspecified atom stereocenters. The zero-order valence-corrected chi connectivity index (χ0v) is 12.5. The summed E-state index contributed by atoms with van der Waals surface area (Å²) in [5.74, 6) is 0. The molecular formula is C14H18N4O2S. The number of likely N-dealkylation sites (N-methyl/N-ethyl adjacent to an activating group) is 1. The molecule has 0 saturated carbocycles. The number of nitrogens with zero attached hydrogens (tertiary/aromatic N) is 2. The van der Waals surface area contributed by atoms with Crippen LogP contribution in [0.25, 0.3) is 0 Å². The molecule has 2 aromatic rings. The van der Waals surface area contributed by atoms with Crippen LogP contribution >= 0.6 is 0 Å². The number of pyridine rings is 1. The van der Waals surface area contributed by atoms with Crippen molar-refractivity contribution in [1.29, 1.82) is 0 Å². The molecule has 0 amide bonds. The van der Waals surface area contributed by atoms with Crippen molar-refractivity contribution in [3.63, 3.8) is 0 Å². The van der Waals surface area contributed by atoms with Gasteiger partial charge in [-0.25, -0.2) is 13.6 Å². The number of hydrogen-bond donors (Lipinski definition) is 2. The van der Waals surface area contributed by atoms with Crippen LogP contribution in [-0.2, 0) is 16.4 Å². The molecule has 0 atom stereocenters. The molecule has 0 spiro atoms. The van der Waals surface area contributed by atoms with Crippen molar-refractivity contribution in [2.75, 3.05) is 24.2 Å². The highest BCUT2D eigenvalue weighted by molar-refractivity contribution is 7.89. The van der Waals surface area contributed by atoms with Gasteiger partial charge in [0.05, 0.1) is 5.69 Å². The molecule has 1 aromatic carbocycles. The number of nitrogens with two attached hydrogens (primary N) is 2. The minimum Gasteiger partial charge on any atom is -0.398 e. The van der Waals surface area contributed by atoms with Gasteiger partial charge in [-0.1, -0.05) is 6.07 Å². The van der Waals surface area contributed by atoms with Crippen LogP contribution in [0, 0.1) is 0 Å². The average molecular weight is 306 g/mol. The minimum absolute atomic E-state index is 0.0515. The Hall–Kier alpha value is -2.12. The van der Waals surface area contributed by atoms with Crippen molar-refractivity contribution in [2.45, 2.75) is 11.3 Å². The van der Waals surface area contributed by atoms with Gasteiger partial charge in [-0.2, -0.15) is 0 Å². The Morgan fingerprint density at radius 3 is 2.57 bits per heavy atom. The summed E-state index contributed by atoms with van der Waals surface area (Å²) >= 11 is 0. The third kappa shape index (κ3) is 3.93. The molecule has 6 nitrogen and oxygen atoms in total. The van der Waals surface area contributed by atoms with E-state index in [-0.39, 0.29) is 10.6 Å². The number of anilines is 2. The molecule has 0 saturated heterocycles. The molecule has 21 heavy (non-hydrogen) atoms. The molecule has 0 aliphatic carbocycles. The minimum atomic E-state index is -3.78. The fraction of sp³-hybridized carbons (Fsp3) is 0.214. The third-order valence-electron chi connectivity index (χ3n) is 3.17. The second-order valence-electron chi connectivity index (χ2n) is 4.76. The highest BCUT2D eigenvalue weighted by Gasteiger charge is 2.13. The lowest BCUT2D eigenvalue weighted by Crippen LogP contribution is -2.21. The average Bonchev–Trinajstić information content (AvgIpc) is 2.44. The summed E-state index contributed by atoms with van der Waals surface area (Å²) < 4.78 is 22.6. The third-order valence-corrected chi connectivity index (χ3v) is 4.16. The van der Waals surface area contributed by atoms with Crippen LogP contribution in [0.4, 0.5) is 11.4 Å². The predicted molar refractivity (Wildman–Crippen MR) is 83.4 cm³/mol. The standard InChI is InChI=1S/C14H18N4O2S/c1-18(9-7-11-4-2-3-8-17-11)12-5-6-14(13(15)10-12)21(16,19)20/h2-6,8,10H,7,9,15H2,1H3,(H2,16,19,20). The molecule has 0 fully saturated rings.